The lowest BCUT2D eigenvalue weighted by Gasteiger charge is -2.14. The Morgan fingerprint density at radius 3 is 2.24 bits per heavy atom. The number of sulfone groups is 1. The van der Waals surface area contributed by atoms with Crippen molar-refractivity contribution in [1.82, 2.24) is 5.32 Å². The Morgan fingerprint density at radius 2 is 1.65 bits per heavy atom. The summed E-state index contributed by atoms with van der Waals surface area (Å²) in [5.74, 6) is -0.111. The van der Waals surface area contributed by atoms with Crippen LogP contribution in [0.15, 0.2) is 82.6 Å². The molecule has 0 bridgehead atoms. The predicted octanol–water partition coefficient (Wildman–Crippen LogP) is 4.79. The van der Waals surface area contributed by atoms with Gasteiger partial charge < -0.3 is 19.9 Å². The van der Waals surface area contributed by atoms with E-state index in [4.69, 9.17) is 21.1 Å². The molecule has 3 rings (SSSR count). The van der Waals surface area contributed by atoms with Crippen molar-refractivity contribution in [2.24, 2.45) is 0 Å². The second kappa shape index (κ2) is 14.4. The molecule has 200 valence electrons. The largest absolute Gasteiger partial charge is 0.479 e. The summed E-state index contributed by atoms with van der Waals surface area (Å²) in [5.41, 5.74) is 1.72. The highest BCUT2D eigenvalue weighted by molar-refractivity contribution is 7.91. The van der Waals surface area contributed by atoms with Gasteiger partial charge in [0.05, 0.1) is 22.5 Å². The van der Waals surface area contributed by atoms with Crippen LogP contribution in [-0.4, -0.2) is 45.3 Å². The fourth-order valence-corrected chi connectivity index (χ4v) is 4.94. The summed E-state index contributed by atoms with van der Waals surface area (Å²) in [6, 6.07) is 19.8. The molecule has 0 spiro atoms. The molecule has 37 heavy (non-hydrogen) atoms. The summed E-state index contributed by atoms with van der Waals surface area (Å²) < 4.78 is 36.4. The van der Waals surface area contributed by atoms with E-state index in [1.807, 2.05) is 6.07 Å². The summed E-state index contributed by atoms with van der Waals surface area (Å²) in [5, 5.41) is 14.0. The van der Waals surface area contributed by atoms with Crippen LogP contribution in [0.3, 0.4) is 0 Å². The molecule has 10 heteroatoms. The molecule has 0 unspecified atom stereocenters. The number of nitrogens with one attached hydrogen (secondary N) is 1. The van der Waals surface area contributed by atoms with Crippen molar-refractivity contribution in [1.29, 1.82) is 0 Å². The van der Waals surface area contributed by atoms with Crippen molar-refractivity contribution in [3.63, 3.8) is 0 Å². The van der Waals surface area contributed by atoms with Crippen LogP contribution in [0.25, 0.3) is 0 Å². The zero-order valence-corrected chi connectivity index (χ0v) is 23.0. The van der Waals surface area contributed by atoms with Crippen LogP contribution in [0.2, 0.25) is 5.02 Å². The Bertz CT molecular complexity index is 1250. The monoisotopic (exact) mass is 567 g/mol. The van der Waals surface area contributed by atoms with Crippen LogP contribution in [0.4, 0.5) is 0 Å². The smallest absolute Gasteiger partial charge is 0.347 e. The number of hydrogen-bond acceptors (Lipinski definition) is 7. The van der Waals surface area contributed by atoms with E-state index >= 15 is 0 Å². The minimum absolute atomic E-state index is 0. The van der Waals surface area contributed by atoms with E-state index in [2.05, 4.69) is 5.32 Å². The molecule has 0 radical (unpaired) electrons. The number of ether oxygens (including phenoxy) is 2. The SMILES string of the molecule is CCOC(=O)[C@@H](C)Oc1ccc(S(=O)(=O)c2ccc(CCNC[C@H](O)c3cccc(Cl)c3)cc2)cc1.Cl. The lowest BCUT2D eigenvalue weighted by molar-refractivity contribution is -0.150. The second-order valence-corrected chi connectivity index (χ2v) is 10.5. The maximum Gasteiger partial charge on any atom is 0.347 e. The lowest BCUT2D eigenvalue weighted by Crippen LogP contribution is -2.26. The van der Waals surface area contributed by atoms with Crippen molar-refractivity contribution in [2.75, 3.05) is 19.7 Å². The van der Waals surface area contributed by atoms with Gasteiger partial charge in [-0.05, 0) is 86.5 Å². The molecule has 0 aliphatic heterocycles. The Kier molecular flexibility index (Phi) is 11.9. The maximum atomic E-state index is 13.0. The minimum atomic E-state index is -3.70. The van der Waals surface area contributed by atoms with Gasteiger partial charge in [0.15, 0.2) is 6.10 Å². The minimum Gasteiger partial charge on any atom is -0.479 e. The van der Waals surface area contributed by atoms with Gasteiger partial charge in [0.25, 0.3) is 0 Å². The van der Waals surface area contributed by atoms with E-state index in [1.54, 1.807) is 56.3 Å². The highest BCUT2D eigenvalue weighted by Gasteiger charge is 2.19. The highest BCUT2D eigenvalue weighted by Crippen LogP contribution is 2.24. The Morgan fingerprint density at radius 1 is 1.03 bits per heavy atom. The molecule has 7 nitrogen and oxygen atoms in total. The van der Waals surface area contributed by atoms with Gasteiger partial charge in [-0.1, -0.05) is 35.9 Å². The number of aliphatic hydroxyl groups excluding tert-OH is 1. The van der Waals surface area contributed by atoms with E-state index in [-0.39, 0.29) is 28.8 Å². The second-order valence-electron chi connectivity index (χ2n) is 8.16. The lowest BCUT2D eigenvalue weighted by atomic mass is 10.1. The Labute approximate surface area is 229 Å². The predicted molar refractivity (Wildman–Crippen MR) is 145 cm³/mol. The van der Waals surface area contributed by atoms with Crippen molar-refractivity contribution in [3.05, 3.63) is 88.9 Å². The number of benzene rings is 3. The van der Waals surface area contributed by atoms with Crippen molar-refractivity contribution < 1.29 is 27.8 Å². The standard InChI is InChI=1S/C27H30ClNO6S.ClH/c1-3-34-27(31)19(2)35-23-9-13-25(14-10-23)36(32,33)24-11-7-20(8-12-24)15-16-29-18-26(30)21-5-4-6-22(28)17-21;/h4-14,17,19,26,29-30H,3,15-16,18H2,1-2H3;1H/t19-,26+;/m1./s1. The van der Waals surface area contributed by atoms with E-state index in [0.29, 0.717) is 30.3 Å². The molecule has 0 aliphatic rings. The van der Waals surface area contributed by atoms with Crippen molar-refractivity contribution in [3.8, 4) is 5.75 Å². The molecule has 3 aromatic rings. The van der Waals surface area contributed by atoms with Gasteiger partial charge in [-0.3, -0.25) is 0 Å². The van der Waals surface area contributed by atoms with Gasteiger partial charge in [-0.2, -0.15) is 0 Å². The molecule has 3 aromatic carbocycles. The van der Waals surface area contributed by atoms with Gasteiger partial charge in [-0.15, -0.1) is 12.4 Å². The first kappa shape index (κ1) is 30.6. The summed E-state index contributed by atoms with van der Waals surface area (Å²) in [7, 11) is -3.70. The fourth-order valence-electron chi connectivity index (χ4n) is 3.48. The third kappa shape index (κ3) is 8.72. The Balaban J connectivity index is 0.00000481. The average Bonchev–Trinajstić information content (AvgIpc) is 2.87. The number of carbonyl (C=O) groups is 1. The van der Waals surface area contributed by atoms with Crippen LogP contribution >= 0.6 is 24.0 Å². The van der Waals surface area contributed by atoms with Crippen LogP contribution in [0.1, 0.15) is 31.1 Å². The normalized spacial score (nSPS) is 12.8. The number of halogens is 2. The molecule has 0 amide bonds. The van der Waals surface area contributed by atoms with Gasteiger partial charge in [-0.25, -0.2) is 13.2 Å². The number of esters is 1. The zero-order valence-electron chi connectivity index (χ0n) is 20.6. The first-order chi connectivity index (χ1) is 17.2. The molecule has 0 aliphatic carbocycles. The van der Waals surface area contributed by atoms with Gasteiger partial charge in [0.1, 0.15) is 5.75 Å². The van der Waals surface area contributed by atoms with Crippen LogP contribution in [0, 0.1) is 0 Å². The van der Waals surface area contributed by atoms with E-state index in [9.17, 15) is 18.3 Å². The molecule has 0 fully saturated rings. The maximum absolute atomic E-state index is 13.0. The molecule has 0 heterocycles. The molecule has 2 atom stereocenters. The van der Waals surface area contributed by atoms with Gasteiger partial charge >= 0.3 is 5.97 Å². The summed E-state index contributed by atoms with van der Waals surface area (Å²) in [6.07, 6.45) is -0.788. The van der Waals surface area contributed by atoms with E-state index < -0.39 is 28.0 Å². The first-order valence-electron chi connectivity index (χ1n) is 11.6. The molecule has 2 N–H and O–H groups in total. The molecule has 0 saturated carbocycles. The number of aliphatic hydroxyl groups is 1. The highest BCUT2D eigenvalue weighted by atomic mass is 35.5. The summed E-state index contributed by atoms with van der Waals surface area (Å²) >= 11 is 5.96. The van der Waals surface area contributed by atoms with Gasteiger partial charge in [0, 0.05) is 11.6 Å². The Hall–Kier alpha value is -2.62. The zero-order chi connectivity index (χ0) is 26.1. The fraction of sp³-hybridized carbons (Fsp3) is 0.296. The number of carbonyl (C=O) groups excluding carboxylic acids is 1. The summed E-state index contributed by atoms with van der Waals surface area (Å²) in [6.45, 7) is 4.54. The van der Waals surface area contributed by atoms with Crippen molar-refractivity contribution in [2.45, 2.75) is 42.3 Å². The van der Waals surface area contributed by atoms with Crippen LogP contribution < -0.4 is 10.1 Å². The quantitative estimate of drug-likeness (QED) is 0.239. The molecule has 0 saturated heterocycles. The molecule has 0 aromatic heterocycles. The van der Waals surface area contributed by atoms with Crippen LogP contribution in [0.5, 0.6) is 5.75 Å². The topological polar surface area (TPSA) is 102 Å². The van der Waals surface area contributed by atoms with Crippen molar-refractivity contribution >= 4 is 39.8 Å². The number of hydrogen-bond donors (Lipinski definition) is 2. The van der Waals surface area contributed by atoms with E-state index in [1.165, 1.54) is 24.3 Å². The molecular formula is C27H31Cl2NO6S. The van der Waals surface area contributed by atoms with Gasteiger partial charge in [0.2, 0.25) is 9.84 Å². The van der Waals surface area contributed by atoms with Crippen LogP contribution in [-0.2, 0) is 25.8 Å². The third-order valence-electron chi connectivity index (χ3n) is 5.46. The molecular weight excluding hydrogens is 537 g/mol. The van der Waals surface area contributed by atoms with E-state index in [0.717, 1.165) is 11.1 Å². The average molecular weight is 569 g/mol. The third-order valence-corrected chi connectivity index (χ3v) is 7.48. The number of rotatable bonds is 12. The first-order valence-corrected chi connectivity index (χ1v) is 13.5. The summed E-state index contributed by atoms with van der Waals surface area (Å²) in [4.78, 5) is 12.0.